The number of nitrogens with zero attached hydrogens (tertiary/aromatic N) is 4. The normalized spacial score (nSPS) is 19.6. The number of anilines is 4. The number of rotatable bonds is 1. The van der Waals surface area contributed by atoms with Gasteiger partial charge < -0.3 is 9.80 Å². The van der Waals surface area contributed by atoms with E-state index in [9.17, 15) is 0 Å². The van der Waals surface area contributed by atoms with Crippen LogP contribution in [0.3, 0.4) is 0 Å². The molecule has 124 valence electrons. The van der Waals surface area contributed by atoms with Crippen LogP contribution in [0.25, 0.3) is 0 Å². The fourth-order valence-corrected chi connectivity index (χ4v) is 4.49. The second-order valence-corrected chi connectivity index (χ2v) is 7.95. The van der Waals surface area contributed by atoms with Crippen LogP contribution in [0, 0.1) is 0 Å². The van der Waals surface area contributed by atoms with Crippen LogP contribution in [-0.2, 0) is 5.41 Å². The molecule has 2 aromatic carbocycles. The summed E-state index contributed by atoms with van der Waals surface area (Å²) in [6.07, 6.45) is 3.65. The molecule has 0 radical (unpaired) electrons. The van der Waals surface area contributed by atoms with Crippen LogP contribution in [0.1, 0.15) is 19.4 Å². The maximum Gasteiger partial charge on any atom is 0.178 e. The molecule has 0 N–H and O–H groups in total. The van der Waals surface area contributed by atoms with Crippen LogP contribution >= 0.6 is 15.9 Å². The molecule has 0 saturated heterocycles. The average Bonchev–Trinajstić information content (AvgIpc) is 3.08. The summed E-state index contributed by atoms with van der Waals surface area (Å²) in [6, 6.07) is 17.0. The zero-order chi connectivity index (χ0) is 17.2. The number of halogens is 1. The third-order valence-electron chi connectivity index (χ3n) is 5.20. The van der Waals surface area contributed by atoms with Crippen LogP contribution in [0.4, 0.5) is 23.0 Å². The Morgan fingerprint density at radius 1 is 0.920 bits per heavy atom. The van der Waals surface area contributed by atoms with Crippen LogP contribution in [0.2, 0.25) is 0 Å². The first-order chi connectivity index (χ1) is 12.1. The maximum absolute atomic E-state index is 4.68. The van der Waals surface area contributed by atoms with E-state index in [4.69, 9.17) is 0 Å². The lowest BCUT2D eigenvalue weighted by molar-refractivity contribution is 0.449. The quantitative estimate of drug-likeness (QED) is 0.573. The number of para-hydroxylation sites is 1. The largest absolute Gasteiger partial charge is 0.301 e. The highest BCUT2D eigenvalue weighted by molar-refractivity contribution is 9.10. The van der Waals surface area contributed by atoms with Gasteiger partial charge in [0.2, 0.25) is 0 Å². The molecule has 25 heavy (non-hydrogen) atoms. The van der Waals surface area contributed by atoms with Crippen molar-refractivity contribution >= 4 is 38.9 Å². The lowest BCUT2D eigenvalue weighted by Crippen LogP contribution is -2.46. The molecule has 0 bridgehead atoms. The minimum Gasteiger partial charge on any atom is -0.301 e. The molecule has 3 aromatic rings. The minimum absolute atomic E-state index is 0.0751. The third-order valence-corrected chi connectivity index (χ3v) is 5.69. The van der Waals surface area contributed by atoms with Crippen LogP contribution < -0.4 is 9.80 Å². The van der Waals surface area contributed by atoms with Gasteiger partial charge in [-0.1, -0.05) is 54.0 Å². The topological polar surface area (TPSA) is 32.3 Å². The Morgan fingerprint density at radius 2 is 1.60 bits per heavy atom. The van der Waals surface area contributed by atoms with E-state index in [2.05, 4.69) is 92.0 Å². The van der Waals surface area contributed by atoms with Crippen molar-refractivity contribution in [1.29, 1.82) is 0 Å². The fraction of sp³-hybridized carbons (Fsp3) is 0.200. The maximum atomic E-state index is 4.68. The van der Waals surface area contributed by atoms with Gasteiger partial charge in [-0.3, -0.25) is 0 Å². The minimum atomic E-state index is -0.0751. The van der Waals surface area contributed by atoms with Crippen molar-refractivity contribution in [3.63, 3.8) is 0 Å². The highest BCUT2D eigenvalue weighted by Gasteiger charge is 2.54. The molecule has 1 aromatic heterocycles. The predicted molar refractivity (Wildman–Crippen MR) is 104 cm³/mol. The SMILES string of the molecule is CC1(C)c2ccc(Br)cc2N2c3nccnc3N(c3ccccc3)C21. The number of hydrogen-bond donors (Lipinski definition) is 0. The second-order valence-electron chi connectivity index (χ2n) is 7.04. The predicted octanol–water partition coefficient (Wildman–Crippen LogP) is 5.15. The van der Waals surface area contributed by atoms with Gasteiger partial charge in [-0.05, 0) is 29.8 Å². The molecule has 0 spiro atoms. The van der Waals surface area contributed by atoms with Crippen molar-refractivity contribution in [2.45, 2.75) is 25.4 Å². The molecule has 0 saturated carbocycles. The molecule has 2 aliphatic rings. The molecule has 1 unspecified atom stereocenters. The second kappa shape index (κ2) is 5.05. The summed E-state index contributed by atoms with van der Waals surface area (Å²) in [7, 11) is 0. The highest BCUT2D eigenvalue weighted by atomic mass is 79.9. The van der Waals surface area contributed by atoms with Gasteiger partial charge in [0.15, 0.2) is 11.6 Å². The van der Waals surface area contributed by atoms with Crippen molar-refractivity contribution in [3.8, 4) is 0 Å². The van der Waals surface area contributed by atoms with Gasteiger partial charge in [0.25, 0.3) is 0 Å². The summed E-state index contributed by atoms with van der Waals surface area (Å²) in [5.74, 6) is 1.83. The smallest absolute Gasteiger partial charge is 0.178 e. The Labute approximate surface area is 155 Å². The zero-order valence-corrected chi connectivity index (χ0v) is 15.6. The van der Waals surface area contributed by atoms with E-state index in [0.717, 1.165) is 21.8 Å². The average molecular weight is 393 g/mol. The van der Waals surface area contributed by atoms with Gasteiger partial charge in [-0.15, -0.1) is 0 Å². The fourth-order valence-electron chi connectivity index (χ4n) is 4.14. The Hall–Kier alpha value is -2.40. The first kappa shape index (κ1) is 14.9. The van der Waals surface area contributed by atoms with E-state index in [-0.39, 0.29) is 11.6 Å². The molecule has 2 aliphatic heterocycles. The Balaban J connectivity index is 1.80. The van der Waals surface area contributed by atoms with E-state index >= 15 is 0 Å². The summed E-state index contributed by atoms with van der Waals surface area (Å²) in [5.41, 5.74) is 3.59. The van der Waals surface area contributed by atoms with E-state index in [1.54, 1.807) is 12.4 Å². The van der Waals surface area contributed by atoms with E-state index in [1.807, 2.05) is 6.07 Å². The Morgan fingerprint density at radius 3 is 2.32 bits per heavy atom. The number of benzene rings is 2. The molecule has 0 fully saturated rings. The summed E-state index contributed by atoms with van der Waals surface area (Å²) >= 11 is 3.62. The van der Waals surface area contributed by atoms with Crippen LogP contribution in [0.15, 0.2) is 65.4 Å². The van der Waals surface area contributed by atoms with Crippen molar-refractivity contribution in [2.24, 2.45) is 0 Å². The molecule has 0 aliphatic carbocycles. The molecule has 0 amide bonds. The van der Waals surface area contributed by atoms with Gasteiger partial charge in [-0.25, -0.2) is 9.97 Å². The summed E-state index contributed by atoms with van der Waals surface area (Å²) < 4.78 is 1.08. The molecule has 3 heterocycles. The molecule has 1 atom stereocenters. The third kappa shape index (κ3) is 1.93. The Bertz CT molecular complexity index is 970. The van der Waals surface area contributed by atoms with Gasteiger partial charge in [0.1, 0.15) is 6.17 Å². The van der Waals surface area contributed by atoms with Crippen molar-refractivity contribution < 1.29 is 0 Å². The molecule has 5 rings (SSSR count). The van der Waals surface area contributed by atoms with E-state index in [1.165, 1.54) is 11.3 Å². The molecular weight excluding hydrogens is 376 g/mol. The van der Waals surface area contributed by atoms with E-state index < -0.39 is 0 Å². The lowest BCUT2D eigenvalue weighted by atomic mass is 9.83. The van der Waals surface area contributed by atoms with E-state index in [0.29, 0.717) is 0 Å². The lowest BCUT2D eigenvalue weighted by Gasteiger charge is -2.36. The van der Waals surface area contributed by atoms with Crippen molar-refractivity contribution in [2.75, 3.05) is 9.80 Å². The van der Waals surface area contributed by atoms with Gasteiger partial charge in [0.05, 0.1) is 0 Å². The Kier molecular flexibility index (Phi) is 3.01. The first-order valence-electron chi connectivity index (χ1n) is 8.33. The zero-order valence-electron chi connectivity index (χ0n) is 14.0. The van der Waals surface area contributed by atoms with Crippen LogP contribution in [0.5, 0.6) is 0 Å². The summed E-state index contributed by atoms with van der Waals surface area (Å²) in [6.45, 7) is 4.60. The van der Waals surface area contributed by atoms with Crippen molar-refractivity contribution in [3.05, 3.63) is 71.0 Å². The summed E-state index contributed by atoms with van der Waals surface area (Å²) in [5, 5.41) is 0. The number of hydrogen-bond acceptors (Lipinski definition) is 4. The van der Waals surface area contributed by atoms with Gasteiger partial charge >= 0.3 is 0 Å². The molecular formula is C20H17BrN4. The van der Waals surface area contributed by atoms with Crippen molar-refractivity contribution in [1.82, 2.24) is 9.97 Å². The molecule has 4 nitrogen and oxygen atoms in total. The highest BCUT2D eigenvalue weighted by Crippen LogP contribution is 2.57. The van der Waals surface area contributed by atoms with Crippen LogP contribution in [-0.4, -0.2) is 16.1 Å². The summed E-state index contributed by atoms with van der Waals surface area (Å²) in [4.78, 5) is 14.0. The molecule has 5 heteroatoms. The number of fused-ring (bicyclic) bond motifs is 5. The van der Waals surface area contributed by atoms with Gasteiger partial charge in [0, 0.05) is 33.7 Å². The monoisotopic (exact) mass is 392 g/mol. The van der Waals surface area contributed by atoms with Gasteiger partial charge in [-0.2, -0.15) is 0 Å². The standard InChI is InChI=1S/C20H17BrN4/c1-20(2)15-9-8-13(21)12-16(15)25-18-17(22-10-11-23-18)24(19(20)25)14-6-4-3-5-7-14/h3-12,19H,1-2H3. The first-order valence-corrected chi connectivity index (χ1v) is 9.13. The number of aromatic nitrogens is 2.